The number of imidazole rings is 1. The van der Waals surface area contributed by atoms with E-state index in [1.807, 2.05) is 6.33 Å². The Hall–Kier alpha value is -1.36. The molecule has 1 unspecified atom stereocenters. The molecule has 136 valence electrons. The van der Waals surface area contributed by atoms with Gasteiger partial charge in [0.1, 0.15) is 6.04 Å². The number of carbonyl (C=O) groups excluding carboxylic acids is 1. The number of ether oxygens (including phenoxy) is 1. The highest BCUT2D eigenvalue weighted by Crippen LogP contribution is 2.61. The quantitative estimate of drug-likeness (QED) is 0.854. The van der Waals surface area contributed by atoms with Gasteiger partial charge in [-0.25, -0.2) is 4.98 Å². The fourth-order valence-corrected chi connectivity index (χ4v) is 6.77. The molecule has 4 fully saturated rings. The number of hydrogen-bond donors (Lipinski definition) is 1. The molecule has 5 nitrogen and oxygen atoms in total. The summed E-state index contributed by atoms with van der Waals surface area (Å²) in [4.78, 5) is 16.5. The maximum absolute atomic E-state index is 11.9. The third-order valence-corrected chi connectivity index (χ3v) is 7.48. The number of aryl methyl sites for hydroxylation is 1. The molecule has 1 aliphatic heterocycles. The Bertz CT molecular complexity index is 645. The topological polar surface area (TPSA) is 56.1 Å². The first-order valence-corrected chi connectivity index (χ1v) is 9.98. The van der Waals surface area contributed by atoms with Gasteiger partial charge < -0.3 is 9.30 Å². The molecule has 0 saturated heterocycles. The van der Waals surface area contributed by atoms with E-state index in [4.69, 9.17) is 4.74 Å². The van der Waals surface area contributed by atoms with Gasteiger partial charge in [-0.05, 0) is 68.1 Å². The van der Waals surface area contributed by atoms with E-state index in [0.717, 1.165) is 30.0 Å². The van der Waals surface area contributed by atoms with Crippen LogP contribution in [0.2, 0.25) is 0 Å². The number of fused-ring (bicyclic) bond motifs is 1. The number of rotatable bonds is 4. The molecule has 0 radical (unpaired) electrons. The van der Waals surface area contributed by atoms with Crippen molar-refractivity contribution >= 4 is 5.97 Å². The first kappa shape index (κ1) is 15.9. The van der Waals surface area contributed by atoms with Crippen molar-refractivity contribution < 1.29 is 9.53 Å². The lowest BCUT2D eigenvalue weighted by Crippen LogP contribution is -2.46. The largest absolute Gasteiger partial charge is 0.468 e. The summed E-state index contributed by atoms with van der Waals surface area (Å²) in [5.74, 6) is 2.86. The van der Waals surface area contributed by atoms with Crippen molar-refractivity contribution in [2.45, 2.75) is 70.5 Å². The van der Waals surface area contributed by atoms with Crippen molar-refractivity contribution in [1.29, 1.82) is 0 Å². The molecule has 0 aromatic carbocycles. The molecule has 1 aromatic rings. The maximum atomic E-state index is 11.9. The standard InChI is InChI=1S/C20H29N3O2/c1-25-19(24)16-7-18-17(11-21-16)22-12-23(18)3-2-20-8-13-4-14(9-20)6-15(5-13)10-20/h12-16,21H,2-11H2,1H3. The number of carbonyl (C=O) groups is 1. The molecule has 25 heavy (non-hydrogen) atoms. The SMILES string of the molecule is COC(=O)C1Cc2c(ncn2CCC23CC4CC(CC(C4)C2)C3)CN1. The molecule has 1 aromatic heterocycles. The van der Waals surface area contributed by atoms with Gasteiger partial charge in [0.15, 0.2) is 0 Å². The minimum absolute atomic E-state index is 0.167. The van der Waals surface area contributed by atoms with Crippen molar-refractivity contribution in [3.05, 3.63) is 17.7 Å². The van der Waals surface area contributed by atoms with Crippen LogP contribution in [0.25, 0.3) is 0 Å². The minimum Gasteiger partial charge on any atom is -0.468 e. The predicted octanol–water partition coefficient (Wildman–Crippen LogP) is 2.68. The average Bonchev–Trinajstić information content (AvgIpc) is 3.00. The van der Waals surface area contributed by atoms with Crippen LogP contribution >= 0.6 is 0 Å². The second-order valence-electron chi connectivity index (χ2n) is 9.16. The number of hydrogen-bond acceptors (Lipinski definition) is 4. The second kappa shape index (κ2) is 5.83. The van der Waals surface area contributed by atoms with Crippen LogP contribution in [0.1, 0.15) is 56.3 Å². The summed E-state index contributed by atoms with van der Waals surface area (Å²) in [6.07, 6.45) is 12.9. The number of methoxy groups -OCH3 is 1. The predicted molar refractivity (Wildman–Crippen MR) is 93.8 cm³/mol. The number of nitrogens with zero attached hydrogens (tertiary/aromatic N) is 2. The van der Waals surface area contributed by atoms with Gasteiger partial charge in [0.2, 0.25) is 0 Å². The zero-order chi connectivity index (χ0) is 17.0. The molecule has 5 aliphatic rings. The second-order valence-corrected chi connectivity index (χ2v) is 9.16. The zero-order valence-electron chi connectivity index (χ0n) is 15.2. The summed E-state index contributed by atoms with van der Waals surface area (Å²) in [6, 6.07) is -0.229. The summed E-state index contributed by atoms with van der Waals surface area (Å²) in [5.41, 5.74) is 2.94. The molecular formula is C20H29N3O2. The van der Waals surface area contributed by atoms with Crippen LogP contribution in [0.5, 0.6) is 0 Å². The van der Waals surface area contributed by atoms with Crippen LogP contribution in [0.4, 0.5) is 0 Å². The van der Waals surface area contributed by atoms with E-state index in [9.17, 15) is 4.79 Å². The van der Waals surface area contributed by atoms with Gasteiger partial charge in [-0.15, -0.1) is 0 Å². The summed E-state index contributed by atoms with van der Waals surface area (Å²) in [6.45, 7) is 1.72. The first-order valence-electron chi connectivity index (χ1n) is 9.98. The maximum Gasteiger partial charge on any atom is 0.323 e. The first-order chi connectivity index (χ1) is 12.1. The lowest BCUT2D eigenvalue weighted by atomic mass is 9.49. The van der Waals surface area contributed by atoms with Gasteiger partial charge in [-0.1, -0.05) is 0 Å². The van der Waals surface area contributed by atoms with Gasteiger partial charge in [-0.2, -0.15) is 0 Å². The number of esters is 1. The van der Waals surface area contributed by atoms with E-state index in [2.05, 4.69) is 14.9 Å². The highest BCUT2D eigenvalue weighted by molar-refractivity contribution is 5.76. The Morgan fingerprint density at radius 1 is 1.28 bits per heavy atom. The molecule has 1 atom stereocenters. The van der Waals surface area contributed by atoms with Crippen molar-refractivity contribution in [3.63, 3.8) is 0 Å². The molecule has 4 aliphatic carbocycles. The molecule has 0 amide bonds. The molecule has 1 N–H and O–H groups in total. The smallest absolute Gasteiger partial charge is 0.323 e. The van der Waals surface area contributed by atoms with Gasteiger partial charge in [0.05, 0.1) is 19.1 Å². The fraction of sp³-hybridized carbons (Fsp3) is 0.800. The molecule has 6 rings (SSSR count). The van der Waals surface area contributed by atoms with Gasteiger partial charge in [-0.3, -0.25) is 10.1 Å². The van der Waals surface area contributed by atoms with Crippen molar-refractivity contribution in [2.75, 3.05) is 7.11 Å². The van der Waals surface area contributed by atoms with Crippen LogP contribution in [0.3, 0.4) is 0 Å². The van der Waals surface area contributed by atoms with Crippen LogP contribution in [0.15, 0.2) is 6.33 Å². The highest BCUT2D eigenvalue weighted by Gasteiger charge is 2.50. The summed E-state index contributed by atoms with van der Waals surface area (Å²) >= 11 is 0. The van der Waals surface area contributed by atoms with Crippen LogP contribution in [-0.4, -0.2) is 28.7 Å². The fourth-order valence-electron chi connectivity index (χ4n) is 6.77. The summed E-state index contributed by atoms with van der Waals surface area (Å²) in [5, 5.41) is 3.24. The zero-order valence-corrected chi connectivity index (χ0v) is 15.2. The normalized spacial score (nSPS) is 38.6. The molecule has 2 heterocycles. The lowest BCUT2D eigenvalue weighted by Gasteiger charge is -2.57. The van der Waals surface area contributed by atoms with E-state index < -0.39 is 0 Å². The Labute approximate surface area is 149 Å². The van der Waals surface area contributed by atoms with Gasteiger partial charge >= 0.3 is 5.97 Å². The van der Waals surface area contributed by atoms with E-state index in [1.165, 1.54) is 57.7 Å². The third-order valence-electron chi connectivity index (χ3n) is 7.48. The molecule has 5 heteroatoms. The Morgan fingerprint density at radius 3 is 2.60 bits per heavy atom. The lowest BCUT2D eigenvalue weighted by molar-refractivity contribution is -0.143. The van der Waals surface area contributed by atoms with Gasteiger partial charge in [0.25, 0.3) is 0 Å². The highest BCUT2D eigenvalue weighted by atomic mass is 16.5. The third kappa shape index (κ3) is 2.71. The average molecular weight is 343 g/mol. The van der Waals surface area contributed by atoms with Crippen molar-refractivity contribution in [2.24, 2.45) is 23.2 Å². The number of aromatic nitrogens is 2. The van der Waals surface area contributed by atoms with E-state index in [1.54, 1.807) is 0 Å². The molecule has 0 spiro atoms. The monoisotopic (exact) mass is 343 g/mol. The van der Waals surface area contributed by atoms with E-state index in [0.29, 0.717) is 18.4 Å². The molecule has 4 saturated carbocycles. The minimum atomic E-state index is -0.229. The van der Waals surface area contributed by atoms with E-state index >= 15 is 0 Å². The number of nitrogens with one attached hydrogen (secondary N) is 1. The van der Waals surface area contributed by atoms with Crippen LogP contribution in [0, 0.1) is 23.2 Å². The Kier molecular flexibility index (Phi) is 3.70. The summed E-state index contributed by atoms with van der Waals surface area (Å²) < 4.78 is 7.24. The summed E-state index contributed by atoms with van der Waals surface area (Å²) in [7, 11) is 1.46. The van der Waals surface area contributed by atoms with Crippen LogP contribution < -0.4 is 5.32 Å². The van der Waals surface area contributed by atoms with Crippen molar-refractivity contribution in [3.8, 4) is 0 Å². The van der Waals surface area contributed by atoms with Crippen molar-refractivity contribution in [1.82, 2.24) is 14.9 Å². The molecule has 4 bridgehead atoms. The molecular weight excluding hydrogens is 314 g/mol. The van der Waals surface area contributed by atoms with Gasteiger partial charge in [0, 0.05) is 25.2 Å². The Morgan fingerprint density at radius 2 is 1.96 bits per heavy atom. The van der Waals surface area contributed by atoms with E-state index in [-0.39, 0.29) is 12.0 Å². The van der Waals surface area contributed by atoms with Crippen LogP contribution in [-0.2, 0) is 29.0 Å². The Balaban J connectivity index is 1.30.